The van der Waals surface area contributed by atoms with Crippen LogP contribution in [0.3, 0.4) is 0 Å². The van der Waals surface area contributed by atoms with Gasteiger partial charge in [-0.15, -0.1) is 11.3 Å². The molecule has 1 fully saturated rings. The van der Waals surface area contributed by atoms with Gasteiger partial charge in [0.2, 0.25) is 10.0 Å². The van der Waals surface area contributed by atoms with Crippen LogP contribution in [0.4, 0.5) is 0 Å². The van der Waals surface area contributed by atoms with Gasteiger partial charge in [-0.25, -0.2) is 13.1 Å². The summed E-state index contributed by atoms with van der Waals surface area (Å²) in [5, 5.41) is 10.7. The van der Waals surface area contributed by atoms with Crippen LogP contribution in [0.15, 0.2) is 16.3 Å². The summed E-state index contributed by atoms with van der Waals surface area (Å²) in [5.74, 6) is 0.427. The summed E-state index contributed by atoms with van der Waals surface area (Å²) in [7, 11) is -3.43. The maximum atomic E-state index is 11.9. The molecule has 1 heterocycles. The fraction of sp³-hybridized carbons (Fsp3) is 0.556. The molecule has 6 heteroatoms. The third-order valence-corrected chi connectivity index (χ3v) is 5.16. The minimum absolute atomic E-state index is 0.0708. The topological polar surface area (TPSA) is 66.4 Å². The number of thiophene rings is 1. The highest BCUT2D eigenvalue weighted by atomic mass is 32.2. The van der Waals surface area contributed by atoms with Gasteiger partial charge in [0.15, 0.2) is 0 Å². The van der Waals surface area contributed by atoms with Crippen molar-refractivity contribution >= 4 is 21.4 Å². The Labute approximate surface area is 93.0 Å². The zero-order valence-corrected chi connectivity index (χ0v) is 9.94. The second-order valence-electron chi connectivity index (χ2n) is 3.81. The molecule has 1 aromatic heterocycles. The van der Waals surface area contributed by atoms with E-state index in [2.05, 4.69) is 4.72 Å². The third kappa shape index (κ3) is 2.23. The molecule has 2 atom stereocenters. The first kappa shape index (κ1) is 11.1. The van der Waals surface area contributed by atoms with Gasteiger partial charge in [-0.3, -0.25) is 0 Å². The van der Waals surface area contributed by atoms with E-state index in [1.54, 1.807) is 5.38 Å². The number of aliphatic hydroxyl groups excluding tert-OH is 1. The van der Waals surface area contributed by atoms with Crippen molar-refractivity contribution in [3.05, 3.63) is 16.3 Å². The fourth-order valence-electron chi connectivity index (χ4n) is 1.43. The number of nitrogens with one attached hydrogen (secondary N) is 1. The Balaban J connectivity index is 2.21. The molecule has 4 nitrogen and oxygen atoms in total. The Morgan fingerprint density at radius 1 is 1.67 bits per heavy atom. The molecule has 0 radical (unpaired) electrons. The highest BCUT2D eigenvalue weighted by Crippen LogP contribution is 2.31. The standard InChI is InChI=1S/C9H13NO3S2/c1-6-4-7(6)10-15(12,13)9-2-3-14-8(9)5-11/h2-3,6-7,10-11H,4-5H2,1H3. The lowest BCUT2D eigenvalue weighted by Gasteiger charge is -2.05. The molecule has 15 heavy (non-hydrogen) atoms. The molecule has 0 saturated heterocycles. The maximum Gasteiger partial charge on any atom is 0.242 e. The van der Waals surface area contributed by atoms with Crippen molar-refractivity contribution in [1.29, 1.82) is 0 Å². The average molecular weight is 247 g/mol. The highest BCUT2D eigenvalue weighted by Gasteiger charge is 2.37. The fourth-order valence-corrected chi connectivity index (χ4v) is 4.08. The van der Waals surface area contributed by atoms with Crippen LogP contribution in [0.5, 0.6) is 0 Å². The largest absolute Gasteiger partial charge is 0.391 e. The molecule has 2 rings (SSSR count). The lowest BCUT2D eigenvalue weighted by molar-refractivity contribution is 0.282. The Hall–Kier alpha value is -0.430. The van der Waals surface area contributed by atoms with Crippen molar-refractivity contribution in [2.75, 3.05) is 0 Å². The number of rotatable bonds is 4. The Morgan fingerprint density at radius 2 is 2.33 bits per heavy atom. The zero-order valence-electron chi connectivity index (χ0n) is 8.30. The Morgan fingerprint density at radius 3 is 2.87 bits per heavy atom. The first-order valence-electron chi connectivity index (χ1n) is 4.74. The normalized spacial score (nSPS) is 25.5. The predicted octanol–water partition coefficient (Wildman–Crippen LogP) is 0.927. The van der Waals surface area contributed by atoms with Crippen molar-refractivity contribution in [2.45, 2.75) is 30.9 Å². The van der Waals surface area contributed by atoms with Gasteiger partial charge in [0.05, 0.1) is 11.5 Å². The van der Waals surface area contributed by atoms with Crippen molar-refractivity contribution < 1.29 is 13.5 Å². The minimum Gasteiger partial charge on any atom is -0.391 e. The molecule has 2 unspecified atom stereocenters. The van der Waals surface area contributed by atoms with Gasteiger partial charge < -0.3 is 5.11 Å². The third-order valence-electron chi connectivity index (χ3n) is 2.55. The summed E-state index contributed by atoms with van der Waals surface area (Å²) in [6.07, 6.45) is 0.901. The van der Waals surface area contributed by atoms with E-state index in [9.17, 15) is 8.42 Å². The second-order valence-corrected chi connectivity index (χ2v) is 6.49. The van der Waals surface area contributed by atoms with Crippen molar-refractivity contribution in [3.63, 3.8) is 0 Å². The van der Waals surface area contributed by atoms with Gasteiger partial charge >= 0.3 is 0 Å². The summed E-state index contributed by atoms with van der Waals surface area (Å²) in [5.41, 5.74) is 0. The molecule has 0 spiro atoms. The van der Waals surface area contributed by atoms with Crippen LogP contribution in [-0.4, -0.2) is 19.6 Å². The lowest BCUT2D eigenvalue weighted by atomic mass is 10.5. The highest BCUT2D eigenvalue weighted by molar-refractivity contribution is 7.89. The molecule has 0 aliphatic heterocycles. The first-order chi connectivity index (χ1) is 7.04. The van der Waals surface area contributed by atoms with Gasteiger partial charge in [-0.2, -0.15) is 0 Å². The molecule has 1 saturated carbocycles. The van der Waals surface area contributed by atoms with Crippen LogP contribution in [-0.2, 0) is 16.6 Å². The molecular weight excluding hydrogens is 234 g/mol. The average Bonchev–Trinajstić information content (AvgIpc) is 2.72. The van der Waals surface area contributed by atoms with E-state index in [1.165, 1.54) is 17.4 Å². The monoisotopic (exact) mass is 247 g/mol. The van der Waals surface area contributed by atoms with E-state index >= 15 is 0 Å². The molecule has 0 amide bonds. The number of hydrogen-bond donors (Lipinski definition) is 2. The quantitative estimate of drug-likeness (QED) is 0.831. The lowest BCUT2D eigenvalue weighted by Crippen LogP contribution is -2.27. The SMILES string of the molecule is CC1CC1NS(=O)(=O)c1ccsc1CO. The summed E-state index contributed by atoms with van der Waals surface area (Å²) < 4.78 is 26.3. The molecule has 1 aliphatic carbocycles. The van der Waals surface area contributed by atoms with Crippen molar-refractivity contribution in [2.24, 2.45) is 5.92 Å². The van der Waals surface area contributed by atoms with Crippen molar-refractivity contribution in [3.8, 4) is 0 Å². The van der Waals surface area contributed by atoms with E-state index in [4.69, 9.17) is 5.11 Å². The minimum atomic E-state index is -3.43. The molecule has 84 valence electrons. The van der Waals surface area contributed by atoms with Crippen LogP contribution in [0, 0.1) is 5.92 Å². The van der Waals surface area contributed by atoms with Gasteiger partial charge in [0.1, 0.15) is 0 Å². The van der Waals surface area contributed by atoms with E-state index in [-0.39, 0.29) is 17.5 Å². The number of hydrogen-bond acceptors (Lipinski definition) is 4. The maximum absolute atomic E-state index is 11.9. The van der Waals surface area contributed by atoms with Gasteiger partial charge in [0.25, 0.3) is 0 Å². The van der Waals surface area contributed by atoms with Crippen LogP contribution < -0.4 is 4.72 Å². The van der Waals surface area contributed by atoms with Crippen LogP contribution in [0.1, 0.15) is 18.2 Å². The molecule has 1 aliphatic rings. The zero-order chi connectivity index (χ0) is 11.1. The smallest absolute Gasteiger partial charge is 0.242 e. The van der Waals surface area contributed by atoms with Gasteiger partial charge in [-0.1, -0.05) is 6.92 Å². The summed E-state index contributed by atoms with van der Waals surface area (Å²) in [4.78, 5) is 0.713. The van der Waals surface area contributed by atoms with E-state index in [0.29, 0.717) is 10.8 Å². The summed E-state index contributed by atoms with van der Waals surface area (Å²) in [6, 6.07) is 1.60. The van der Waals surface area contributed by atoms with Crippen LogP contribution in [0.25, 0.3) is 0 Å². The van der Waals surface area contributed by atoms with Crippen LogP contribution >= 0.6 is 11.3 Å². The van der Waals surface area contributed by atoms with E-state index in [1.807, 2.05) is 6.92 Å². The molecule has 1 aromatic rings. The number of sulfonamides is 1. The molecule has 2 N–H and O–H groups in total. The Bertz CT molecular complexity index is 452. The molecular formula is C9H13NO3S2. The first-order valence-corrected chi connectivity index (χ1v) is 7.10. The number of aliphatic hydroxyl groups is 1. The summed E-state index contributed by atoms with van der Waals surface area (Å²) >= 11 is 1.26. The van der Waals surface area contributed by atoms with Crippen LogP contribution in [0.2, 0.25) is 0 Å². The summed E-state index contributed by atoms with van der Waals surface area (Å²) in [6.45, 7) is 1.78. The predicted molar refractivity (Wildman–Crippen MR) is 58.1 cm³/mol. The van der Waals surface area contributed by atoms with Gasteiger partial charge in [-0.05, 0) is 23.8 Å². The van der Waals surface area contributed by atoms with E-state index < -0.39 is 10.0 Å². The Kier molecular flexibility index (Phi) is 2.85. The van der Waals surface area contributed by atoms with E-state index in [0.717, 1.165) is 6.42 Å². The van der Waals surface area contributed by atoms with Crippen molar-refractivity contribution in [1.82, 2.24) is 4.72 Å². The molecule has 0 aromatic carbocycles. The van der Waals surface area contributed by atoms with Gasteiger partial charge in [0, 0.05) is 10.9 Å². The molecule has 0 bridgehead atoms. The second kappa shape index (κ2) is 3.86.